The van der Waals surface area contributed by atoms with Gasteiger partial charge in [0, 0.05) is 44.9 Å². The number of nitrogens with zero attached hydrogens (tertiary/aromatic N) is 3. The van der Waals surface area contributed by atoms with Crippen LogP contribution >= 0.6 is 27.3 Å². The summed E-state index contributed by atoms with van der Waals surface area (Å²) in [5.74, 6) is 0. The zero-order valence-corrected chi connectivity index (χ0v) is 17.1. The van der Waals surface area contributed by atoms with Crippen LogP contribution in [0.15, 0.2) is 44.4 Å². The second-order valence-corrected chi connectivity index (χ2v) is 10.6. The van der Waals surface area contributed by atoms with Crippen molar-refractivity contribution in [2.45, 2.75) is 10.6 Å². The van der Waals surface area contributed by atoms with Gasteiger partial charge in [0.2, 0.25) is 0 Å². The van der Waals surface area contributed by atoms with E-state index in [1.807, 2.05) is 0 Å². The fourth-order valence-corrected chi connectivity index (χ4v) is 6.42. The highest BCUT2D eigenvalue weighted by molar-refractivity contribution is 9.11. The van der Waals surface area contributed by atoms with Crippen molar-refractivity contribution in [2.75, 3.05) is 32.7 Å². The molecule has 1 aliphatic rings. The maximum absolute atomic E-state index is 12.6. The van der Waals surface area contributed by atoms with Crippen molar-refractivity contribution < 1.29 is 13.3 Å². The highest BCUT2D eigenvalue weighted by Gasteiger charge is 2.29. The molecule has 3 rings (SSSR count). The molecule has 0 atom stereocenters. The van der Waals surface area contributed by atoms with Gasteiger partial charge in [-0.05, 0) is 40.0 Å². The van der Waals surface area contributed by atoms with Gasteiger partial charge in [-0.3, -0.25) is 10.1 Å². The average Bonchev–Trinajstić information content (AvgIpc) is 3.08. The van der Waals surface area contributed by atoms with Gasteiger partial charge >= 0.3 is 0 Å². The minimum Gasteiger partial charge on any atom is -0.300 e. The predicted molar refractivity (Wildman–Crippen MR) is 104 cm³/mol. The van der Waals surface area contributed by atoms with Crippen molar-refractivity contribution in [3.05, 3.63) is 55.9 Å². The van der Waals surface area contributed by atoms with Crippen molar-refractivity contribution in [3.63, 3.8) is 0 Å². The fraction of sp³-hybridized carbons (Fsp3) is 0.375. The van der Waals surface area contributed by atoms with Crippen LogP contribution in [0.25, 0.3) is 0 Å². The molecule has 140 valence electrons. The molecule has 1 fully saturated rings. The highest BCUT2D eigenvalue weighted by Crippen LogP contribution is 2.29. The second kappa shape index (κ2) is 8.13. The topological polar surface area (TPSA) is 83.8 Å². The third-order valence-electron chi connectivity index (χ3n) is 4.34. The van der Waals surface area contributed by atoms with Crippen LogP contribution in [0.1, 0.15) is 5.56 Å². The van der Waals surface area contributed by atoms with E-state index in [2.05, 4.69) is 20.8 Å². The summed E-state index contributed by atoms with van der Waals surface area (Å²) >= 11 is 4.53. The van der Waals surface area contributed by atoms with Crippen LogP contribution in [0, 0.1) is 10.1 Å². The molecule has 1 aromatic heterocycles. The minimum atomic E-state index is -3.41. The molecule has 0 bridgehead atoms. The van der Waals surface area contributed by atoms with Crippen LogP contribution in [0.5, 0.6) is 0 Å². The lowest BCUT2D eigenvalue weighted by molar-refractivity contribution is -0.384. The second-order valence-electron chi connectivity index (χ2n) is 5.98. The Morgan fingerprint density at radius 2 is 1.73 bits per heavy atom. The monoisotopic (exact) mass is 459 g/mol. The van der Waals surface area contributed by atoms with Crippen LogP contribution in [-0.2, 0) is 16.4 Å². The highest BCUT2D eigenvalue weighted by atomic mass is 79.9. The van der Waals surface area contributed by atoms with Crippen LogP contribution < -0.4 is 0 Å². The summed E-state index contributed by atoms with van der Waals surface area (Å²) in [6.45, 7) is 3.10. The summed E-state index contributed by atoms with van der Waals surface area (Å²) < 4.78 is 27.9. The maximum Gasteiger partial charge on any atom is 0.269 e. The van der Waals surface area contributed by atoms with E-state index in [9.17, 15) is 18.5 Å². The molecule has 0 N–H and O–H groups in total. The van der Waals surface area contributed by atoms with Crippen molar-refractivity contribution in [1.29, 1.82) is 0 Å². The predicted octanol–water partition coefficient (Wildman–Crippen LogP) is 2.97. The lowest BCUT2D eigenvalue weighted by Gasteiger charge is -2.33. The molecule has 0 aliphatic carbocycles. The summed E-state index contributed by atoms with van der Waals surface area (Å²) in [6.07, 6.45) is 0.780. The van der Waals surface area contributed by atoms with Crippen LogP contribution in [0.3, 0.4) is 0 Å². The molecule has 1 aliphatic heterocycles. The number of hydrogen-bond acceptors (Lipinski definition) is 6. The lowest BCUT2D eigenvalue weighted by atomic mass is 10.1. The summed E-state index contributed by atoms with van der Waals surface area (Å²) in [4.78, 5) is 12.5. The van der Waals surface area contributed by atoms with Gasteiger partial charge in [0.15, 0.2) is 0 Å². The van der Waals surface area contributed by atoms with E-state index in [1.165, 1.54) is 27.8 Å². The van der Waals surface area contributed by atoms with E-state index in [0.717, 1.165) is 22.3 Å². The Morgan fingerprint density at radius 1 is 1.08 bits per heavy atom. The van der Waals surface area contributed by atoms with Crippen LogP contribution in [-0.4, -0.2) is 55.3 Å². The zero-order chi connectivity index (χ0) is 18.7. The molecule has 2 aromatic rings. The molecule has 0 unspecified atom stereocenters. The first-order chi connectivity index (χ1) is 12.4. The normalized spacial score (nSPS) is 16.7. The van der Waals surface area contributed by atoms with Crippen molar-refractivity contribution in [1.82, 2.24) is 9.21 Å². The van der Waals surface area contributed by atoms with Crippen LogP contribution in [0.2, 0.25) is 0 Å². The number of sulfonamides is 1. The molecule has 26 heavy (non-hydrogen) atoms. The van der Waals surface area contributed by atoms with Gasteiger partial charge < -0.3 is 4.90 Å². The maximum atomic E-state index is 12.6. The quantitative estimate of drug-likeness (QED) is 0.489. The Labute approximate surface area is 164 Å². The van der Waals surface area contributed by atoms with Gasteiger partial charge in [-0.1, -0.05) is 12.1 Å². The minimum absolute atomic E-state index is 0.0905. The van der Waals surface area contributed by atoms with Gasteiger partial charge in [0.1, 0.15) is 4.21 Å². The standard InChI is InChI=1S/C16H18BrN3O4S2/c17-15-5-6-16(25-15)26(23,24)19-11-9-18(10-12-19)8-7-13-1-3-14(4-2-13)20(21)22/h1-6H,7-12H2. The summed E-state index contributed by atoms with van der Waals surface area (Å²) in [5.41, 5.74) is 1.13. The molecule has 1 aromatic carbocycles. The molecule has 10 heteroatoms. The molecule has 0 saturated carbocycles. The van der Waals surface area contributed by atoms with Gasteiger partial charge in [-0.15, -0.1) is 11.3 Å². The van der Waals surface area contributed by atoms with E-state index in [4.69, 9.17) is 0 Å². The van der Waals surface area contributed by atoms with Gasteiger partial charge in [-0.2, -0.15) is 4.31 Å². The zero-order valence-electron chi connectivity index (χ0n) is 13.9. The number of piperazine rings is 1. The van der Waals surface area contributed by atoms with Gasteiger partial charge in [0.25, 0.3) is 15.7 Å². The molecule has 2 heterocycles. The number of nitro groups is 1. The largest absolute Gasteiger partial charge is 0.300 e. The number of halogens is 1. The van der Waals surface area contributed by atoms with Gasteiger partial charge in [0.05, 0.1) is 8.71 Å². The number of benzene rings is 1. The third kappa shape index (κ3) is 4.49. The fourth-order valence-electron chi connectivity index (χ4n) is 2.83. The van der Waals surface area contributed by atoms with E-state index < -0.39 is 14.9 Å². The van der Waals surface area contributed by atoms with E-state index in [1.54, 1.807) is 24.3 Å². The summed E-state index contributed by atoms with van der Waals surface area (Å²) in [7, 11) is -3.41. The Hall–Kier alpha value is -1.33. The number of nitro benzene ring substituents is 1. The number of rotatable bonds is 6. The molecule has 0 amide bonds. The SMILES string of the molecule is O=[N+]([O-])c1ccc(CCN2CCN(S(=O)(=O)c3ccc(Br)s3)CC2)cc1. The summed E-state index contributed by atoms with van der Waals surface area (Å²) in [6, 6.07) is 9.95. The number of thiophene rings is 1. The van der Waals surface area contributed by atoms with Crippen molar-refractivity contribution >= 4 is 43.0 Å². The van der Waals surface area contributed by atoms with Crippen LogP contribution in [0.4, 0.5) is 5.69 Å². The first kappa shape index (κ1) is 19.4. The smallest absolute Gasteiger partial charge is 0.269 e. The lowest BCUT2D eigenvalue weighted by Crippen LogP contribution is -2.48. The summed E-state index contributed by atoms with van der Waals surface area (Å²) in [5, 5.41) is 10.7. The Morgan fingerprint density at radius 3 is 2.27 bits per heavy atom. The first-order valence-corrected chi connectivity index (χ1v) is 11.1. The van der Waals surface area contributed by atoms with E-state index >= 15 is 0 Å². The number of non-ortho nitro benzene ring substituents is 1. The molecule has 0 spiro atoms. The van der Waals surface area contributed by atoms with Crippen molar-refractivity contribution in [2.24, 2.45) is 0 Å². The van der Waals surface area contributed by atoms with Crippen molar-refractivity contribution in [3.8, 4) is 0 Å². The average molecular weight is 460 g/mol. The molecule has 0 radical (unpaired) electrons. The Balaban J connectivity index is 1.51. The molecular formula is C16H18BrN3O4S2. The number of hydrogen-bond donors (Lipinski definition) is 0. The molecular weight excluding hydrogens is 442 g/mol. The van der Waals surface area contributed by atoms with E-state index in [0.29, 0.717) is 30.4 Å². The third-order valence-corrected chi connectivity index (χ3v) is 8.33. The molecule has 7 nitrogen and oxygen atoms in total. The Kier molecular flexibility index (Phi) is 6.08. The van der Waals surface area contributed by atoms with Gasteiger partial charge in [-0.25, -0.2) is 8.42 Å². The Bertz CT molecular complexity index is 875. The van der Waals surface area contributed by atoms with E-state index in [-0.39, 0.29) is 5.69 Å². The molecule has 1 saturated heterocycles. The first-order valence-electron chi connectivity index (χ1n) is 8.07.